The van der Waals surface area contributed by atoms with Gasteiger partial charge >= 0.3 is 0 Å². The maximum atomic E-state index is 12.4. The minimum absolute atomic E-state index is 0.0397. The molecular formula is C18H20N2O4. The summed E-state index contributed by atoms with van der Waals surface area (Å²) >= 11 is 0. The Hall–Kier alpha value is -2.89. The molecule has 0 saturated carbocycles. The summed E-state index contributed by atoms with van der Waals surface area (Å²) < 4.78 is 5.15. The Morgan fingerprint density at radius 3 is 2.12 bits per heavy atom. The summed E-state index contributed by atoms with van der Waals surface area (Å²) in [6.45, 7) is 4.04. The van der Waals surface area contributed by atoms with E-state index in [0.29, 0.717) is 5.56 Å². The summed E-state index contributed by atoms with van der Waals surface area (Å²) in [5.41, 5.74) is 1.32. The highest BCUT2D eigenvalue weighted by molar-refractivity contribution is 5.94. The first-order chi connectivity index (χ1) is 11.4. The molecule has 0 aromatic heterocycles. The molecule has 0 fully saturated rings. The number of benzene rings is 2. The second kappa shape index (κ2) is 7.59. The number of nitro groups is 1. The lowest BCUT2D eigenvalue weighted by Crippen LogP contribution is -2.31. The van der Waals surface area contributed by atoms with Crippen LogP contribution in [0.25, 0.3) is 0 Å². The molecule has 1 atom stereocenters. The van der Waals surface area contributed by atoms with Gasteiger partial charge in [-0.15, -0.1) is 0 Å². The van der Waals surface area contributed by atoms with E-state index in [-0.39, 0.29) is 23.6 Å². The average molecular weight is 328 g/mol. The van der Waals surface area contributed by atoms with Gasteiger partial charge in [0.15, 0.2) is 0 Å². The molecule has 2 aromatic rings. The molecule has 1 N–H and O–H groups in total. The van der Waals surface area contributed by atoms with Gasteiger partial charge in [-0.2, -0.15) is 0 Å². The van der Waals surface area contributed by atoms with Gasteiger partial charge in [0.05, 0.1) is 18.1 Å². The van der Waals surface area contributed by atoms with Crippen molar-refractivity contribution in [2.24, 2.45) is 5.92 Å². The predicted molar refractivity (Wildman–Crippen MR) is 91.1 cm³/mol. The van der Waals surface area contributed by atoms with E-state index in [0.717, 1.165) is 11.3 Å². The second-order valence-corrected chi connectivity index (χ2v) is 5.77. The maximum Gasteiger partial charge on any atom is 0.269 e. The Morgan fingerprint density at radius 1 is 1.08 bits per heavy atom. The third-order valence-electron chi connectivity index (χ3n) is 3.77. The number of ether oxygens (including phenoxy) is 1. The first kappa shape index (κ1) is 17.5. The first-order valence-electron chi connectivity index (χ1n) is 7.61. The smallest absolute Gasteiger partial charge is 0.269 e. The van der Waals surface area contributed by atoms with Crippen LogP contribution in [0.2, 0.25) is 0 Å². The zero-order valence-corrected chi connectivity index (χ0v) is 13.9. The van der Waals surface area contributed by atoms with E-state index >= 15 is 0 Å². The first-order valence-corrected chi connectivity index (χ1v) is 7.61. The standard InChI is InChI=1S/C18H20N2O4/c1-12(2)17(13-6-10-16(24-3)11-7-13)19-18(21)14-4-8-15(9-5-14)20(22)23/h4-12,17H,1-3H3,(H,19,21)/t17-/m0/s1. The predicted octanol–water partition coefficient (Wildman–Crippen LogP) is 3.73. The van der Waals surface area contributed by atoms with Crippen molar-refractivity contribution in [1.29, 1.82) is 0 Å². The average Bonchev–Trinajstić information content (AvgIpc) is 2.59. The van der Waals surface area contributed by atoms with E-state index < -0.39 is 4.92 Å². The van der Waals surface area contributed by atoms with Gasteiger partial charge in [-0.3, -0.25) is 14.9 Å². The van der Waals surface area contributed by atoms with E-state index in [1.807, 2.05) is 38.1 Å². The van der Waals surface area contributed by atoms with Crippen LogP contribution < -0.4 is 10.1 Å². The fraction of sp³-hybridized carbons (Fsp3) is 0.278. The number of hydrogen-bond acceptors (Lipinski definition) is 4. The third-order valence-corrected chi connectivity index (χ3v) is 3.77. The number of nitrogens with one attached hydrogen (secondary N) is 1. The van der Waals surface area contributed by atoms with Crippen LogP contribution in [0.1, 0.15) is 35.8 Å². The zero-order valence-electron chi connectivity index (χ0n) is 13.9. The van der Waals surface area contributed by atoms with Crippen LogP contribution in [-0.4, -0.2) is 17.9 Å². The second-order valence-electron chi connectivity index (χ2n) is 5.77. The van der Waals surface area contributed by atoms with Crippen molar-refractivity contribution in [3.63, 3.8) is 0 Å². The van der Waals surface area contributed by atoms with Crippen molar-refractivity contribution in [2.45, 2.75) is 19.9 Å². The van der Waals surface area contributed by atoms with Crippen molar-refractivity contribution in [3.05, 3.63) is 69.8 Å². The highest BCUT2D eigenvalue weighted by Gasteiger charge is 2.19. The van der Waals surface area contributed by atoms with E-state index in [9.17, 15) is 14.9 Å². The van der Waals surface area contributed by atoms with Crippen molar-refractivity contribution in [1.82, 2.24) is 5.32 Å². The minimum Gasteiger partial charge on any atom is -0.497 e. The van der Waals surface area contributed by atoms with Crippen LogP contribution in [0.15, 0.2) is 48.5 Å². The lowest BCUT2D eigenvalue weighted by atomic mass is 9.95. The summed E-state index contributed by atoms with van der Waals surface area (Å²) in [6, 6.07) is 12.9. The minimum atomic E-state index is -0.490. The highest BCUT2D eigenvalue weighted by atomic mass is 16.6. The molecule has 0 aliphatic carbocycles. The molecule has 0 spiro atoms. The van der Waals surface area contributed by atoms with Gasteiger partial charge in [0, 0.05) is 17.7 Å². The molecule has 2 rings (SSSR count). The van der Waals surface area contributed by atoms with Gasteiger partial charge in [-0.05, 0) is 35.7 Å². The number of nitrogens with zero attached hydrogens (tertiary/aromatic N) is 1. The van der Waals surface area contributed by atoms with E-state index in [2.05, 4.69) is 5.32 Å². The van der Waals surface area contributed by atoms with Crippen molar-refractivity contribution >= 4 is 11.6 Å². The van der Waals surface area contributed by atoms with Gasteiger partial charge in [-0.25, -0.2) is 0 Å². The fourth-order valence-corrected chi connectivity index (χ4v) is 2.41. The molecule has 0 aliphatic heterocycles. The quantitative estimate of drug-likeness (QED) is 0.647. The summed E-state index contributed by atoms with van der Waals surface area (Å²) in [4.78, 5) is 22.6. The van der Waals surface area contributed by atoms with E-state index in [1.54, 1.807) is 7.11 Å². The number of methoxy groups -OCH3 is 1. The molecule has 2 aromatic carbocycles. The number of carbonyl (C=O) groups excluding carboxylic acids is 1. The van der Waals surface area contributed by atoms with Gasteiger partial charge < -0.3 is 10.1 Å². The fourth-order valence-electron chi connectivity index (χ4n) is 2.41. The van der Waals surface area contributed by atoms with Crippen molar-refractivity contribution < 1.29 is 14.5 Å². The molecule has 6 nitrogen and oxygen atoms in total. The lowest BCUT2D eigenvalue weighted by molar-refractivity contribution is -0.384. The third kappa shape index (κ3) is 4.10. The van der Waals surface area contributed by atoms with Crippen LogP contribution >= 0.6 is 0 Å². The van der Waals surface area contributed by atoms with Crippen LogP contribution in [0, 0.1) is 16.0 Å². The van der Waals surface area contributed by atoms with Gasteiger partial charge in [0.1, 0.15) is 5.75 Å². The molecule has 0 radical (unpaired) electrons. The number of carbonyl (C=O) groups is 1. The molecule has 0 heterocycles. The molecule has 6 heteroatoms. The van der Waals surface area contributed by atoms with Gasteiger partial charge in [-0.1, -0.05) is 26.0 Å². The van der Waals surface area contributed by atoms with Crippen molar-refractivity contribution in [2.75, 3.05) is 7.11 Å². The Labute approximate surface area is 140 Å². The molecule has 0 saturated heterocycles. The van der Waals surface area contributed by atoms with E-state index in [4.69, 9.17) is 4.74 Å². The molecule has 0 bridgehead atoms. The SMILES string of the molecule is COc1ccc([C@@H](NC(=O)c2ccc([N+](=O)[O-])cc2)C(C)C)cc1. The number of non-ortho nitro benzene ring substituents is 1. The summed E-state index contributed by atoms with van der Waals surface area (Å²) in [6.07, 6.45) is 0. The number of hydrogen-bond donors (Lipinski definition) is 1. The van der Waals surface area contributed by atoms with E-state index in [1.165, 1.54) is 24.3 Å². The molecule has 0 aliphatic rings. The van der Waals surface area contributed by atoms with Crippen LogP contribution in [-0.2, 0) is 0 Å². The summed E-state index contributed by atoms with van der Waals surface area (Å²) in [5.74, 6) is 0.669. The Kier molecular flexibility index (Phi) is 5.52. The van der Waals surface area contributed by atoms with Crippen LogP contribution in [0.4, 0.5) is 5.69 Å². The monoisotopic (exact) mass is 328 g/mol. The van der Waals surface area contributed by atoms with Crippen LogP contribution in [0.3, 0.4) is 0 Å². The largest absolute Gasteiger partial charge is 0.497 e. The maximum absolute atomic E-state index is 12.4. The zero-order chi connectivity index (χ0) is 17.7. The molecule has 0 unspecified atom stereocenters. The Bertz CT molecular complexity index is 709. The Morgan fingerprint density at radius 2 is 1.67 bits per heavy atom. The highest BCUT2D eigenvalue weighted by Crippen LogP contribution is 2.24. The van der Waals surface area contributed by atoms with Gasteiger partial charge in [0.2, 0.25) is 0 Å². The van der Waals surface area contributed by atoms with Crippen LogP contribution in [0.5, 0.6) is 5.75 Å². The van der Waals surface area contributed by atoms with Crippen molar-refractivity contribution in [3.8, 4) is 5.75 Å². The molecule has 1 amide bonds. The molecule has 24 heavy (non-hydrogen) atoms. The Balaban J connectivity index is 2.17. The number of amides is 1. The summed E-state index contributed by atoms with van der Waals surface area (Å²) in [7, 11) is 1.60. The number of nitro benzene ring substituents is 1. The number of rotatable bonds is 6. The normalized spacial score (nSPS) is 11.8. The summed E-state index contributed by atoms with van der Waals surface area (Å²) in [5, 5.41) is 13.7. The topological polar surface area (TPSA) is 81.5 Å². The molecule has 126 valence electrons. The van der Waals surface area contributed by atoms with Gasteiger partial charge in [0.25, 0.3) is 11.6 Å². The molecular weight excluding hydrogens is 308 g/mol. The lowest BCUT2D eigenvalue weighted by Gasteiger charge is -2.23.